The average Bonchev–Trinajstić information content (AvgIpc) is 2.12. The van der Waals surface area contributed by atoms with Crippen molar-refractivity contribution in [2.75, 3.05) is 20.8 Å². The Morgan fingerprint density at radius 2 is 1.64 bits per heavy atom. The Morgan fingerprint density at radius 3 is 1.71 bits per heavy atom. The minimum Gasteiger partial charge on any atom is -0.496 e. The Bertz CT molecular complexity index is 115. The van der Waals surface area contributed by atoms with E-state index in [9.17, 15) is 4.79 Å². The van der Waals surface area contributed by atoms with Crippen LogP contribution < -0.4 is 0 Å². The number of hydrogen-bond donors (Lipinski definition) is 2. The third-order valence-electron chi connectivity index (χ3n) is 0.582. The van der Waals surface area contributed by atoms with E-state index in [0.717, 1.165) is 14.2 Å². The van der Waals surface area contributed by atoms with Crippen LogP contribution in [0.3, 0.4) is 0 Å². The zero-order valence-electron chi connectivity index (χ0n) is 9.33. The van der Waals surface area contributed by atoms with Crippen LogP contribution in [0.4, 0.5) is 0 Å². The molecule has 4 nitrogen and oxygen atoms in total. The predicted molar refractivity (Wildman–Crippen MR) is 53.8 cm³/mol. The van der Waals surface area contributed by atoms with Gasteiger partial charge >= 0.3 is 27.7 Å². The van der Waals surface area contributed by atoms with Crippen molar-refractivity contribution in [1.82, 2.24) is 0 Å². The second kappa shape index (κ2) is 29.3. The minimum absolute atomic E-state index is 0. The molecule has 0 bridgehead atoms. The van der Waals surface area contributed by atoms with Crippen molar-refractivity contribution in [2.24, 2.45) is 0 Å². The molecule has 0 radical (unpaired) electrons. The fourth-order valence-electron chi connectivity index (χ4n) is 0.216. The Kier molecular flexibility index (Phi) is 61.1. The van der Waals surface area contributed by atoms with Gasteiger partial charge in [0.1, 0.15) is 0 Å². The third kappa shape index (κ3) is 29.7. The first-order valence-corrected chi connectivity index (χ1v) is 3.19. The average molecular weight is 240 g/mol. The molecule has 0 saturated heterocycles. The van der Waals surface area contributed by atoms with Gasteiger partial charge in [-0.05, 0) is 13.5 Å². The van der Waals surface area contributed by atoms with Gasteiger partial charge in [0.2, 0.25) is 0 Å². The van der Waals surface area contributed by atoms with Gasteiger partial charge in [0, 0.05) is 19.8 Å². The minimum atomic E-state index is -0.375. The third-order valence-corrected chi connectivity index (χ3v) is 0.582. The smallest absolute Gasteiger partial charge is 0.496 e. The van der Waals surface area contributed by atoms with Crippen LogP contribution in [-0.2, 0) is 31.2 Å². The maximum Gasteiger partial charge on any atom is 2.00 e. The standard InChI is InChI=1S/C6H9O2.2CH4O.CH3.Ti/c1-4-8-6(7)5(2)3;2*1-2;;/h1-2,4H2,3H3;2*2H,1H3;1H3;/q-1;;;-1;+2. The van der Waals surface area contributed by atoms with Crippen molar-refractivity contribution in [3.05, 3.63) is 26.5 Å². The van der Waals surface area contributed by atoms with Crippen molar-refractivity contribution in [2.45, 2.75) is 6.92 Å². The van der Waals surface area contributed by atoms with Crippen molar-refractivity contribution < 1.29 is 41.5 Å². The number of esters is 1. The van der Waals surface area contributed by atoms with Crippen LogP contribution in [0.2, 0.25) is 0 Å². The maximum atomic E-state index is 10.4. The summed E-state index contributed by atoms with van der Waals surface area (Å²) in [6.45, 7) is 8.46. The molecule has 0 saturated carbocycles. The predicted octanol–water partition coefficient (Wildman–Crippen LogP) is 0.605. The summed E-state index contributed by atoms with van der Waals surface area (Å²) < 4.78 is 4.45. The number of ether oxygens (including phenoxy) is 1. The van der Waals surface area contributed by atoms with E-state index in [1.807, 2.05) is 0 Å². The number of rotatable bonds is 2. The van der Waals surface area contributed by atoms with Gasteiger partial charge in [-0.1, -0.05) is 6.58 Å². The number of carbonyl (C=O) groups is 1. The number of hydrogen-bond acceptors (Lipinski definition) is 4. The van der Waals surface area contributed by atoms with E-state index in [1.54, 1.807) is 6.92 Å². The molecule has 0 unspecified atom stereocenters. The molecule has 0 amide bonds. The summed E-state index contributed by atoms with van der Waals surface area (Å²) in [5.41, 5.74) is 0.411. The van der Waals surface area contributed by atoms with Crippen molar-refractivity contribution >= 4 is 5.97 Å². The number of aliphatic hydroxyl groups excluding tert-OH is 2. The van der Waals surface area contributed by atoms with Crippen LogP contribution in [0, 0.1) is 14.4 Å². The van der Waals surface area contributed by atoms with E-state index in [4.69, 9.17) is 10.2 Å². The summed E-state index contributed by atoms with van der Waals surface area (Å²) >= 11 is 0. The van der Waals surface area contributed by atoms with Gasteiger partial charge in [-0.25, -0.2) is 4.79 Å². The molecule has 0 aromatic heterocycles. The molecule has 0 aliphatic heterocycles. The quantitative estimate of drug-likeness (QED) is 0.321. The molecule has 0 atom stereocenters. The van der Waals surface area contributed by atoms with E-state index in [2.05, 4.69) is 18.2 Å². The fraction of sp³-hybridized carbons (Fsp3) is 0.444. The molecular formula is C9H20O4Ti. The summed E-state index contributed by atoms with van der Waals surface area (Å²) in [4.78, 5) is 10.4. The van der Waals surface area contributed by atoms with Crippen molar-refractivity contribution in [3.63, 3.8) is 0 Å². The molecule has 0 aromatic carbocycles. The Balaban J connectivity index is -0.0000000400. The fourth-order valence-corrected chi connectivity index (χ4v) is 0.216. The van der Waals surface area contributed by atoms with E-state index in [-0.39, 0.29) is 41.7 Å². The SMILES string of the molecule is C=C(C)C(=O)OC[CH2-].CO.CO.[CH3-].[Ti+2]. The van der Waals surface area contributed by atoms with Crippen molar-refractivity contribution in [3.8, 4) is 0 Å². The van der Waals surface area contributed by atoms with E-state index < -0.39 is 0 Å². The zero-order valence-corrected chi connectivity index (χ0v) is 10.9. The molecule has 0 aromatic rings. The van der Waals surface area contributed by atoms with E-state index >= 15 is 0 Å². The molecule has 0 rings (SSSR count). The molecule has 5 heteroatoms. The topological polar surface area (TPSA) is 66.8 Å². The van der Waals surface area contributed by atoms with Crippen LogP contribution in [0.1, 0.15) is 6.92 Å². The molecule has 2 N–H and O–H groups in total. The second-order valence-electron chi connectivity index (χ2n) is 1.42. The summed E-state index contributed by atoms with van der Waals surface area (Å²) in [5, 5.41) is 14.0. The van der Waals surface area contributed by atoms with Gasteiger partial charge < -0.3 is 29.3 Å². The molecule has 0 heterocycles. The first kappa shape index (κ1) is 29.2. The zero-order chi connectivity index (χ0) is 10.6. The Labute approximate surface area is 102 Å². The van der Waals surface area contributed by atoms with Gasteiger partial charge in [-0.3, -0.25) is 0 Å². The van der Waals surface area contributed by atoms with Gasteiger partial charge in [0.25, 0.3) is 0 Å². The Morgan fingerprint density at radius 1 is 1.36 bits per heavy atom. The molecule has 0 aliphatic rings. The van der Waals surface area contributed by atoms with Gasteiger partial charge in [0.05, 0.1) is 0 Å². The van der Waals surface area contributed by atoms with E-state index in [1.165, 1.54) is 0 Å². The Hall–Kier alpha value is -0.156. The summed E-state index contributed by atoms with van der Waals surface area (Å²) in [6.07, 6.45) is 0. The number of carbonyl (C=O) groups excluding carboxylic acids is 1. The van der Waals surface area contributed by atoms with Crippen molar-refractivity contribution in [1.29, 1.82) is 0 Å². The van der Waals surface area contributed by atoms with Crippen LogP contribution in [0.15, 0.2) is 12.2 Å². The van der Waals surface area contributed by atoms with Crippen LogP contribution in [0.25, 0.3) is 0 Å². The van der Waals surface area contributed by atoms with Gasteiger partial charge in [-0.15, -0.1) is 0 Å². The van der Waals surface area contributed by atoms with Crippen LogP contribution in [0.5, 0.6) is 0 Å². The normalized spacial score (nSPS) is 5.57. The largest absolute Gasteiger partial charge is 2.00 e. The summed E-state index contributed by atoms with van der Waals surface area (Å²) in [6, 6.07) is 0. The molecular weight excluding hydrogens is 220 g/mol. The van der Waals surface area contributed by atoms with Gasteiger partial charge in [-0.2, -0.15) is 0 Å². The van der Waals surface area contributed by atoms with Crippen LogP contribution >= 0.6 is 0 Å². The molecule has 0 aliphatic carbocycles. The van der Waals surface area contributed by atoms with Crippen LogP contribution in [-0.4, -0.2) is 37.0 Å². The number of aliphatic hydroxyl groups is 2. The maximum absolute atomic E-state index is 10.4. The van der Waals surface area contributed by atoms with E-state index in [0.29, 0.717) is 5.57 Å². The second-order valence-corrected chi connectivity index (χ2v) is 1.42. The monoisotopic (exact) mass is 240 g/mol. The molecule has 14 heavy (non-hydrogen) atoms. The summed E-state index contributed by atoms with van der Waals surface area (Å²) in [7, 11) is 2.00. The summed E-state index contributed by atoms with van der Waals surface area (Å²) in [5.74, 6) is -0.375. The molecule has 84 valence electrons. The first-order valence-electron chi connectivity index (χ1n) is 3.19. The van der Waals surface area contributed by atoms with Gasteiger partial charge in [0.15, 0.2) is 0 Å². The first-order chi connectivity index (χ1) is 5.68. The molecule has 0 spiro atoms. The molecule has 0 fully saturated rings.